The zero-order valence-corrected chi connectivity index (χ0v) is 10.8. The summed E-state index contributed by atoms with van der Waals surface area (Å²) in [5, 5.41) is 7.61. The Bertz CT molecular complexity index is 644. The van der Waals surface area contributed by atoms with Crippen LogP contribution in [-0.2, 0) is 0 Å². The van der Waals surface area contributed by atoms with Crippen molar-refractivity contribution in [3.8, 4) is 0 Å². The molecular weight excluding hydrogens is 242 g/mol. The van der Waals surface area contributed by atoms with E-state index in [1.807, 2.05) is 19.2 Å². The molecule has 1 N–H and O–H groups in total. The average Bonchev–Trinajstić information content (AvgIpc) is 2.94. The van der Waals surface area contributed by atoms with Gasteiger partial charge in [0.05, 0.1) is 17.1 Å². The largest absolute Gasteiger partial charge is 0.309 e. The Morgan fingerprint density at radius 1 is 1.17 bits per heavy atom. The van der Waals surface area contributed by atoms with E-state index in [0.717, 1.165) is 11.0 Å². The van der Waals surface area contributed by atoms with Crippen LogP contribution < -0.4 is 5.32 Å². The number of para-hydroxylation sites is 1. The summed E-state index contributed by atoms with van der Waals surface area (Å²) < 4.78 is 0. The van der Waals surface area contributed by atoms with Gasteiger partial charge in [-0.1, -0.05) is 12.1 Å². The van der Waals surface area contributed by atoms with Crippen molar-refractivity contribution in [1.82, 2.24) is 15.3 Å². The maximum atomic E-state index is 4.46. The zero-order chi connectivity index (χ0) is 12.4. The number of hydrogen-bond donors (Lipinski definition) is 1. The highest BCUT2D eigenvalue weighted by Crippen LogP contribution is 2.27. The number of hydrogen-bond acceptors (Lipinski definition) is 4. The third-order valence-corrected chi connectivity index (χ3v) is 3.71. The average molecular weight is 255 g/mol. The van der Waals surface area contributed by atoms with Crippen molar-refractivity contribution in [2.45, 2.75) is 6.04 Å². The van der Waals surface area contributed by atoms with Gasteiger partial charge in [0.2, 0.25) is 0 Å². The summed E-state index contributed by atoms with van der Waals surface area (Å²) in [4.78, 5) is 8.81. The van der Waals surface area contributed by atoms with Crippen LogP contribution in [0.2, 0.25) is 0 Å². The predicted octanol–water partition coefficient (Wildman–Crippen LogP) is 3.00. The molecule has 0 aliphatic heterocycles. The highest BCUT2D eigenvalue weighted by atomic mass is 32.1. The molecule has 90 valence electrons. The lowest BCUT2D eigenvalue weighted by atomic mass is 10.00. The quantitative estimate of drug-likeness (QED) is 0.781. The zero-order valence-electron chi connectivity index (χ0n) is 10.00. The number of thiophene rings is 1. The highest BCUT2D eigenvalue weighted by molar-refractivity contribution is 7.08. The maximum absolute atomic E-state index is 4.46. The molecule has 0 fully saturated rings. The van der Waals surface area contributed by atoms with Crippen molar-refractivity contribution in [2.75, 3.05) is 7.05 Å². The summed E-state index contributed by atoms with van der Waals surface area (Å²) >= 11 is 1.71. The van der Waals surface area contributed by atoms with Crippen LogP contribution in [0, 0.1) is 0 Å². The minimum Gasteiger partial charge on any atom is -0.309 e. The van der Waals surface area contributed by atoms with Gasteiger partial charge in [-0.05, 0) is 35.5 Å². The smallest absolute Gasteiger partial charge is 0.0937 e. The molecular formula is C14H13N3S. The molecule has 0 aliphatic rings. The summed E-state index contributed by atoms with van der Waals surface area (Å²) in [7, 11) is 1.97. The molecule has 0 saturated carbocycles. The molecule has 0 aliphatic carbocycles. The second-order valence-corrected chi connectivity index (χ2v) is 4.83. The predicted molar refractivity (Wildman–Crippen MR) is 74.8 cm³/mol. The first kappa shape index (κ1) is 11.3. The highest BCUT2D eigenvalue weighted by Gasteiger charge is 2.15. The molecule has 3 nitrogen and oxygen atoms in total. The normalized spacial score (nSPS) is 12.7. The molecule has 1 atom stereocenters. The molecule has 0 bridgehead atoms. The second-order valence-electron chi connectivity index (χ2n) is 4.05. The standard InChI is InChI=1S/C14H13N3S/c1-15-13(10-5-8-18-9-10)11-3-2-4-12-14(11)17-7-6-16-12/h2-9,13,15H,1H3. The molecule has 3 aromatic rings. The van der Waals surface area contributed by atoms with Gasteiger partial charge >= 0.3 is 0 Å². The monoisotopic (exact) mass is 255 g/mol. The van der Waals surface area contributed by atoms with Gasteiger partial charge in [-0.2, -0.15) is 11.3 Å². The number of nitrogens with zero attached hydrogens (tertiary/aromatic N) is 2. The second kappa shape index (κ2) is 4.84. The summed E-state index contributed by atoms with van der Waals surface area (Å²) in [5.74, 6) is 0. The Morgan fingerprint density at radius 3 is 2.83 bits per heavy atom. The van der Waals surface area contributed by atoms with Crippen molar-refractivity contribution < 1.29 is 0 Å². The van der Waals surface area contributed by atoms with Crippen LogP contribution in [0.5, 0.6) is 0 Å². The van der Waals surface area contributed by atoms with E-state index in [-0.39, 0.29) is 6.04 Å². The molecule has 0 saturated heterocycles. The third kappa shape index (κ3) is 1.89. The first-order valence-electron chi connectivity index (χ1n) is 5.79. The summed E-state index contributed by atoms with van der Waals surface area (Å²) in [6.07, 6.45) is 3.47. The van der Waals surface area contributed by atoms with Crippen LogP contribution in [0.1, 0.15) is 17.2 Å². The van der Waals surface area contributed by atoms with E-state index in [2.05, 4.69) is 38.2 Å². The number of aromatic nitrogens is 2. The number of benzene rings is 1. The minimum absolute atomic E-state index is 0.164. The summed E-state index contributed by atoms with van der Waals surface area (Å²) in [5.41, 5.74) is 4.33. The van der Waals surface area contributed by atoms with Crippen LogP contribution in [0.4, 0.5) is 0 Å². The topological polar surface area (TPSA) is 37.8 Å². The Balaban J connectivity index is 2.18. The molecule has 2 aromatic heterocycles. The van der Waals surface area contributed by atoms with Crippen molar-refractivity contribution in [3.05, 3.63) is 58.5 Å². The number of rotatable bonds is 3. The van der Waals surface area contributed by atoms with Gasteiger partial charge in [-0.3, -0.25) is 9.97 Å². The fourth-order valence-electron chi connectivity index (χ4n) is 2.19. The van der Waals surface area contributed by atoms with Gasteiger partial charge < -0.3 is 5.32 Å². The van der Waals surface area contributed by atoms with Crippen LogP contribution in [0.15, 0.2) is 47.4 Å². The lowest BCUT2D eigenvalue weighted by molar-refractivity contribution is 0.698. The van der Waals surface area contributed by atoms with Gasteiger partial charge in [0.1, 0.15) is 0 Å². The van der Waals surface area contributed by atoms with E-state index >= 15 is 0 Å². The first-order valence-corrected chi connectivity index (χ1v) is 6.73. The van der Waals surface area contributed by atoms with E-state index in [9.17, 15) is 0 Å². The fourth-order valence-corrected chi connectivity index (χ4v) is 2.88. The SMILES string of the molecule is CNC(c1ccsc1)c1cccc2nccnc12. The summed E-state index contributed by atoms with van der Waals surface area (Å²) in [6, 6.07) is 8.43. The van der Waals surface area contributed by atoms with E-state index in [1.165, 1.54) is 11.1 Å². The molecule has 0 radical (unpaired) electrons. The van der Waals surface area contributed by atoms with Gasteiger partial charge in [-0.25, -0.2) is 0 Å². The van der Waals surface area contributed by atoms with Crippen molar-refractivity contribution in [2.24, 2.45) is 0 Å². The molecule has 2 heterocycles. The van der Waals surface area contributed by atoms with Crippen LogP contribution >= 0.6 is 11.3 Å². The van der Waals surface area contributed by atoms with Gasteiger partial charge in [0.15, 0.2) is 0 Å². The molecule has 3 rings (SSSR count). The molecule has 1 unspecified atom stereocenters. The summed E-state index contributed by atoms with van der Waals surface area (Å²) in [6.45, 7) is 0. The van der Waals surface area contributed by atoms with Crippen molar-refractivity contribution in [3.63, 3.8) is 0 Å². The van der Waals surface area contributed by atoms with Crippen LogP contribution in [0.3, 0.4) is 0 Å². The molecule has 0 spiro atoms. The van der Waals surface area contributed by atoms with Gasteiger partial charge in [0, 0.05) is 18.0 Å². The Labute approximate surface area is 110 Å². The molecule has 0 amide bonds. The fraction of sp³-hybridized carbons (Fsp3) is 0.143. The maximum Gasteiger partial charge on any atom is 0.0937 e. The Kier molecular flexibility index (Phi) is 3.04. The van der Waals surface area contributed by atoms with E-state index in [0.29, 0.717) is 0 Å². The number of nitrogens with one attached hydrogen (secondary N) is 1. The first-order chi connectivity index (χ1) is 8.90. The lowest BCUT2D eigenvalue weighted by Gasteiger charge is -2.16. The van der Waals surface area contributed by atoms with E-state index in [4.69, 9.17) is 0 Å². The Hall–Kier alpha value is -1.78. The third-order valence-electron chi connectivity index (χ3n) is 3.01. The van der Waals surface area contributed by atoms with Crippen LogP contribution in [-0.4, -0.2) is 17.0 Å². The number of fused-ring (bicyclic) bond motifs is 1. The van der Waals surface area contributed by atoms with Crippen molar-refractivity contribution >= 4 is 22.4 Å². The van der Waals surface area contributed by atoms with E-state index < -0.39 is 0 Å². The van der Waals surface area contributed by atoms with Gasteiger partial charge in [-0.15, -0.1) is 0 Å². The van der Waals surface area contributed by atoms with Crippen LogP contribution in [0.25, 0.3) is 11.0 Å². The molecule has 4 heteroatoms. The van der Waals surface area contributed by atoms with E-state index in [1.54, 1.807) is 23.7 Å². The van der Waals surface area contributed by atoms with Gasteiger partial charge in [0.25, 0.3) is 0 Å². The molecule has 1 aromatic carbocycles. The van der Waals surface area contributed by atoms with Crippen molar-refractivity contribution in [1.29, 1.82) is 0 Å². The molecule has 18 heavy (non-hydrogen) atoms. The lowest BCUT2D eigenvalue weighted by Crippen LogP contribution is -2.17. The Morgan fingerprint density at radius 2 is 2.06 bits per heavy atom. The minimum atomic E-state index is 0.164.